The van der Waals surface area contributed by atoms with Crippen molar-refractivity contribution >= 4 is 16.9 Å². The first kappa shape index (κ1) is 24.1. The Bertz CT molecular complexity index is 1330. The van der Waals surface area contributed by atoms with E-state index in [0.717, 1.165) is 27.8 Å². The standard InChI is InChI=1S/C27H30N4O4/c1-17-25-21(20-9-7-6-8-10-20)16-24(29-26(25)31(3)30-17)35-18(2)27(32)28-14-13-19-11-12-22(33-4)23(15-19)34-5/h6-12,15-16,18H,13-14H2,1-5H3,(H,28,32)/t18-/m1/s1. The normalized spacial score (nSPS) is 11.8. The van der Waals surface area contributed by atoms with E-state index in [1.807, 2.05) is 68.6 Å². The van der Waals surface area contributed by atoms with Crippen LogP contribution in [0.2, 0.25) is 0 Å². The Morgan fingerprint density at radius 2 is 1.80 bits per heavy atom. The van der Waals surface area contributed by atoms with Crippen molar-refractivity contribution in [3.05, 3.63) is 65.9 Å². The molecule has 8 heteroatoms. The molecule has 0 radical (unpaired) electrons. The van der Waals surface area contributed by atoms with Gasteiger partial charge in [-0.1, -0.05) is 36.4 Å². The molecule has 182 valence electrons. The summed E-state index contributed by atoms with van der Waals surface area (Å²) in [6.07, 6.45) is -0.0709. The minimum Gasteiger partial charge on any atom is -0.493 e. The van der Waals surface area contributed by atoms with Gasteiger partial charge in [0.05, 0.1) is 25.3 Å². The van der Waals surface area contributed by atoms with Gasteiger partial charge in [0.15, 0.2) is 23.3 Å². The monoisotopic (exact) mass is 474 g/mol. The summed E-state index contributed by atoms with van der Waals surface area (Å²) in [4.78, 5) is 17.4. The lowest BCUT2D eigenvalue weighted by atomic mass is 10.0. The average molecular weight is 475 g/mol. The van der Waals surface area contributed by atoms with E-state index in [1.54, 1.807) is 25.8 Å². The molecule has 1 N–H and O–H groups in total. The molecule has 2 aromatic carbocycles. The van der Waals surface area contributed by atoms with E-state index < -0.39 is 6.10 Å². The molecule has 0 unspecified atom stereocenters. The first-order chi connectivity index (χ1) is 16.9. The molecule has 4 rings (SSSR count). The van der Waals surface area contributed by atoms with Crippen LogP contribution in [0, 0.1) is 6.92 Å². The predicted octanol–water partition coefficient (Wildman–Crippen LogP) is 4.09. The zero-order valence-electron chi connectivity index (χ0n) is 20.7. The molecule has 0 spiro atoms. The van der Waals surface area contributed by atoms with Gasteiger partial charge in [-0.2, -0.15) is 10.1 Å². The molecule has 2 heterocycles. The number of fused-ring (bicyclic) bond motifs is 1. The van der Waals surface area contributed by atoms with Crippen molar-refractivity contribution in [1.82, 2.24) is 20.1 Å². The minimum absolute atomic E-state index is 0.213. The van der Waals surface area contributed by atoms with Crippen LogP contribution in [0.5, 0.6) is 17.4 Å². The smallest absolute Gasteiger partial charge is 0.260 e. The summed E-state index contributed by atoms with van der Waals surface area (Å²) in [5, 5.41) is 8.43. The number of benzene rings is 2. The number of hydrogen-bond donors (Lipinski definition) is 1. The maximum atomic E-state index is 12.7. The van der Waals surface area contributed by atoms with E-state index in [1.165, 1.54) is 0 Å². The Kier molecular flexibility index (Phi) is 7.19. The van der Waals surface area contributed by atoms with Crippen LogP contribution in [0.15, 0.2) is 54.6 Å². The van der Waals surface area contributed by atoms with Crippen LogP contribution >= 0.6 is 0 Å². The van der Waals surface area contributed by atoms with Gasteiger partial charge >= 0.3 is 0 Å². The molecule has 0 fully saturated rings. The summed E-state index contributed by atoms with van der Waals surface area (Å²) in [6, 6.07) is 17.6. The molecule has 0 aliphatic carbocycles. The zero-order chi connectivity index (χ0) is 24.9. The van der Waals surface area contributed by atoms with Crippen LogP contribution < -0.4 is 19.5 Å². The van der Waals surface area contributed by atoms with Crippen LogP contribution in [0.4, 0.5) is 0 Å². The highest BCUT2D eigenvalue weighted by Crippen LogP contribution is 2.33. The predicted molar refractivity (Wildman–Crippen MR) is 135 cm³/mol. The lowest BCUT2D eigenvalue weighted by Gasteiger charge is -2.16. The third kappa shape index (κ3) is 5.21. The number of methoxy groups -OCH3 is 2. The lowest BCUT2D eigenvalue weighted by molar-refractivity contribution is -0.127. The van der Waals surface area contributed by atoms with Crippen molar-refractivity contribution in [2.75, 3.05) is 20.8 Å². The fourth-order valence-corrected chi connectivity index (χ4v) is 4.07. The van der Waals surface area contributed by atoms with Crippen LogP contribution in [-0.4, -0.2) is 47.5 Å². The number of hydrogen-bond acceptors (Lipinski definition) is 6. The van der Waals surface area contributed by atoms with E-state index >= 15 is 0 Å². The number of nitrogens with zero attached hydrogens (tertiary/aromatic N) is 3. The van der Waals surface area contributed by atoms with Crippen LogP contribution in [0.1, 0.15) is 18.2 Å². The van der Waals surface area contributed by atoms with Crippen molar-refractivity contribution < 1.29 is 19.0 Å². The van der Waals surface area contributed by atoms with Gasteiger partial charge in [-0.25, -0.2) is 0 Å². The Hall–Kier alpha value is -4.07. The number of nitrogens with one attached hydrogen (secondary N) is 1. The van der Waals surface area contributed by atoms with E-state index in [0.29, 0.717) is 36.0 Å². The van der Waals surface area contributed by atoms with Gasteiger partial charge < -0.3 is 19.5 Å². The molecule has 2 aromatic heterocycles. The summed E-state index contributed by atoms with van der Waals surface area (Å²) < 4.78 is 18.3. The molecule has 0 aliphatic rings. The molecule has 0 saturated carbocycles. The molecular formula is C27H30N4O4. The Balaban J connectivity index is 1.46. The number of aryl methyl sites for hydroxylation is 2. The topological polar surface area (TPSA) is 87.5 Å². The molecule has 35 heavy (non-hydrogen) atoms. The summed E-state index contributed by atoms with van der Waals surface area (Å²) in [7, 11) is 5.05. The van der Waals surface area contributed by atoms with E-state index in [-0.39, 0.29) is 5.91 Å². The van der Waals surface area contributed by atoms with Crippen molar-refractivity contribution in [2.24, 2.45) is 7.05 Å². The number of ether oxygens (including phenoxy) is 3. The lowest BCUT2D eigenvalue weighted by Crippen LogP contribution is -2.37. The number of amides is 1. The summed E-state index contributed by atoms with van der Waals surface area (Å²) in [5.74, 6) is 1.50. The third-order valence-corrected chi connectivity index (χ3v) is 5.86. The van der Waals surface area contributed by atoms with Gasteiger partial charge in [-0.3, -0.25) is 9.48 Å². The minimum atomic E-state index is -0.719. The largest absolute Gasteiger partial charge is 0.493 e. The number of rotatable bonds is 9. The van der Waals surface area contributed by atoms with Gasteiger partial charge in [-0.15, -0.1) is 0 Å². The van der Waals surface area contributed by atoms with Crippen LogP contribution in [0.25, 0.3) is 22.2 Å². The highest BCUT2D eigenvalue weighted by atomic mass is 16.5. The zero-order valence-corrected chi connectivity index (χ0v) is 20.7. The quantitative estimate of drug-likeness (QED) is 0.393. The van der Waals surface area contributed by atoms with E-state index in [4.69, 9.17) is 14.2 Å². The summed E-state index contributed by atoms with van der Waals surface area (Å²) in [5.41, 5.74) is 4.63. The second-order valence-corrected chi connectivity index (χ2v) is 8.27. The Labute approximate surface area is 204 Å². The number of pyridine rings is 1. The second-order valence-electron chi connectivity index (χ2n) is 8.27. The number of carbonyl (C=O) groups excluding carboxylic acids is 1. The summed E-state index contributed by atoms with van der Waals surface area (Å²) >= 11 is 0. The first-order valence-corrected chi connectivity index (χ1v) is 11.5. The van der Waals surface area contributed by atoms with Crippen molar-refractivity contribution in [3.8, 4) is 28.5 Å². The van der Waals surface area contributed by atoms with Gasteiger partial charge in [0.2, 0.25) is 5.88 Å². The molecule has 4 aromatic rings. The Morgan fingerprint density at radius 1 is 1.06 bits per heavy atom. The fraction of sp³-hybridized carbons (Fsp3) is 0.296. The Morgan fingerprint density at radius 3 is 2.51 bits per heavy atom. The molecule has 1 amide bonds. The van der Waals surface area contributed by atoms with E-state index in [9.17, 15) is 4.79 Å². The fourth-order valence-electron chi connectivity index (χ4n) is 4.07. The SMILES string of the molecule is COc1ccc(CCNC(=O)[C@@H](C)Oc2cc(-c3ccccc3)c3c(C)nn(C)c3n2)cc1OC. The number of aromatic nitrogens is 3. The first-order valence-electron chi connectivity index (χ1n) is 11.5. The number of carbonyl (C=O) groups is 1. The van der Waals surface area contributed by atoms with E-state index in [2.05, 4.69) is 15.4 Å². The molecule has 0 saturated heterocycles. The van der Waals surface area contributed by atoms with Gasteiger partial charge in [0.1, 0.15) is 0 Å². The molecular weight excluding hydrogens is 444 g/mol. The second kappa shape index (κ2) is 10.5. The molecule has 0 bridgehead atoms. The van der Waals surface area contributed by atoms with Gasteiger partial charge in [-0.05, 0) is 49.1 Å². The highest BCUT2D eigenvalue weighted by Gasteiger charge is 2.19. The van der Waals surface area contributed by atoms with Crippen LogP contribution in [0.3, 0.4) is 0 Å². The maximum Gasteiger partial charge on any atom is 0.260 e. The average Bonchev–Trinajstić information content (AvgIpc) is 3.16. The maximum absolute atomic E-state index is 12.7. The van der Waals surface area contributed by atoms with Crippen molar-refractivity contribution in [3.63, 3.8) is 0 Å². The van der Waals surface area contributed by atoms with Crippen molar-refractivity contribution in [2.45, 2.75) is 26.4 Å². The molecule has 0 aliphatic heterocycles. The van der Waals surface area contributed by atoms with Crippen molar-refractivity contribution in [1.29, 1.82) is 0 Å². The van der Waals surface area contributed by atoms with Gasteiger partial charge in [0, 0.05) is 19.7 Å². The third-order valence-electron chi connectivity index (χ3n) is 5.86. The van der Waals surface area contributed by atoms with Crippen LogP contribution in [-0.2, 0) is 18.3 Å². The molecule has 1 atom stereocenters. The molecule has 8 nitrogen and oxygen atoms in total. The highest BCUT2D eigenvalue weighted by molar-refractivity contribution is 5.95. The van der Waals surface area contributed by atoms with Gasteiger partial charge in [0.25, 0.3) is 5.91 Å². The summed E-state index contributed by atoms with van der Waals surface area (Å²) in [6.45, 7) is 4.14.